The Bertz CT molecular complexity index is 352. The monoisotopic (exact) mass is 263 g/mol. The fourth-order valence-corrected chi connectivity index (χ4v) is 2.39. The highest BCUT2D eigenvalue weighted by molar-refractivity contribution is 5.43. The number of nitrogens with one attached hydrogen (secondary N) is 1. The van der Waals surface area contributed by atoms with E-state index in [-0.39, 0.29) is 0 Å². The zero-order chi connectivity index (χ0) is 14.3. The second-order valence-corrected chi connectivity index (χ2v) is 5.15. The van der Waals surface area contributed by atoms with Gasteiger partial charge in [0.25, 0.3) is 0 Å². The summed E-state index contributed by atoms with van der Waals surface area (Å²) >= 11 is 0. The molecule has 0 spiro atoms. The molecule has 0 radical (unpaired) electrons. The summed E-state index contributed by atoms with van der Waals surface area (Å²) in [4.78, 5) is 7.24. The Balaban J connectivity index is 3.08. The van der Waals surface area contributed by atoms with Crippen molar-refractivity contribution in [3.63, 3.8) is 0 Å². The first-order valence-electron chi connectivity index (χ1n) is 7.57. The first-order valence-corrected chi connectivity index (χ1v) is 7.57. The van der Waals surface area contributed by atoms with Crippen LogP contribution in [0, 0.1) is 0 Å². The molecule has 0 aliphatic heterocycles. The lowest BCUT2D eigenvalue weighted by Gasteiger charge is -2.29. The van der Waals surface area contributed by atoms with Gasteiger partial charge in [-0.2, -0.15) is 0 Å². The van der Waals surface area contributed by atoms with Crippen LogP contribution < -0.4 is 10.2 Å². The van der Waals surface area contributed by atoms with Crippen molar-refractivity contribution in [3.8, 4) is 0 Å². The van der Waals surface area contributed by atoms with Crippen molar-refractivity contribution >= 4 is 5.82 Å². The summed E-state index contributed by atoms with van der Waals surface area (Å²) in [6.07, 6.45) is 3.35. The molecule has 0 amide bonds. The summed E-state index contributed by atoms with van der Waals surface area (Å²) < 4.78 is 0. The van der Waals surface area contributed by atoms with E-state index in [9.17, 15) is 0 Å². The van der Waals surface area contributed by atoms with Gasteiger partial charge in [-0.25, -0.2) is 4.98 Å². The van der Waals surface area contributed by atoms with Crippen molar-refractivity contribution in [1.29, 1.82) is 0 Å². The number of hydrogen-bond acceptors (Lipinski definition) is 3. The maximum Gasteiger partial charge on any atom is 0.129 e. The second-order valence-electron chi connectivity index (χ2n) is 5.15. The third kappa shape index (κ3) is 4.50. The number of pyridine rings is 1. The zero-order valence-electron chi connectivity index (χ0n) is 13.2. The van der Waals surface area contributed by atoms with Crippen molar-refractivity contribution in [2.75, 3.05) is 18.5 Å². The molecule has 108 valence electrons. The van der Waals surface area contributed by atoms with Crippen LogP contribution in [-0.4, -0.2) is 24.6 Å². The molecular weight excluding hydrogens is 234 g/mol. The Morgan fingerprint density at radius 1 is 1.26 bits per heavy atom. The molecule has 0 saturated carbocycles. The predicted octanol–water partition coefficient (Wildman–Crippen LogP) is 3.38. The Labute approximate surface area is 118 Å². The molecule has 3 nitrogen and oxygen atoms in total. The van der Waals surface area contributed by atoms with Gasteiger partial charge in [-0.15, -0.1) is 0 Å². The lowest BCUT2D eigenvalue weighted by atomic mass is 10.1. The Morgan fingerprint density at radius 2 is 2.00 bits per heavy atom. The van der Waals surface area contributed by atoms with Crippen LogP contribution in [0.1, 0.15) is 51.8 Å². The van der Waals surface area contributed by atoms with Gasteiger partial charge >= 0.3 is 0 Å². The number of anilines is 1. The van der Waals surface area contributed by atoms with E-state index in [0.29, 0.717) is 6.04 Å². The third-order valence-electron chi connectivity index (χ3n) is 3.57. The third-order valence-corrected chi connectivity index (χ3v) is 3.57. The Kier molecular flexibility index (Phi) is 6.85. The largest absolute Gasteiger partial charge is 0.354 e. The van der Waals surface area contributed by atoms with Gasteiger partial charge in [0.1, 0.15) is 5.82 Å². The summed E-state index contributed by atoms with van der Waals surface area (Å²) in [6, 6.07) is 5.00. The van der Waals surface area contributed by atoms with E-state index in [2.05, 4.69) is 50.0 Å². The Hall–Kier alpha value is -1.09. The molecule has 0 saturated heterocycles. The van der Waals surface area contributed by atoms with Crippen LogP contribution >= 0.6 is 0 Å². The van der Waals surface area contributed by atoms with E-state index in [0.717, 1.165) is 38.2 Å². The molecule has 1 aromatic rings. The van der Waals surface area contributed by atoms with E-state index in [4.69, 9.17) is 4.98 Å². The van der Waals surface area contributed by atoms with E-state index >= 15 is 0 Å². The van der Waals surface area contributed by atoms with E-state index in [1.807, 2.05) is 7.05 Å². The van der Waals surface area contributed by atoms with Gasteiger partial charge in [0.2, 0.25) is 0 Å². The molecule has 0 bridgehead atoms. The summed E-state index contributed by atoms with van der Waals surface area (Å²) in [5.74, 6) is 1.13. The summed E-state index contributed by atoms with van der Waals surface area (Å²) in [5, 5.41) is 3.23. The van der Waals surface area contributed by atoms with E-state index < -0.39 is 0 Å². The van der Waals surface area contributed by atoms with Crippen LogP contribution in [0.15, 0.2) is 12.1 Å². The molecule has 1 N–H and O–H groups in total. The SMILES string of the molecule is CCCc1cc(CNC)cc(N(CC)C(C)CC)n1. The van der Waals surface area contributed by atoms with Crippen molar-refractivity contribution in [1.82, 2.24) is 10.3 Å². The minimum Gasteiger partial charge on any atom is -0.354 e. The minimum atomic E-state index is 0.539. The molecule has 1 unspecified atom stereocenters. The average Bonchev–Trinajstić information content (AvgIpc) is 2.40. The molecule has 3 heteroatoms. The van der Waals surface area contributed by atoms with Gasteiger partial charge in [-0.1, -0.05) is 20.3 Å². The van der Waals surface area contributed by atoms with Crippen LogP contribution in [0.3, 0.4) is 0 Å². The lowest BCUT2D eigenvalue weighted by Crippen LogP contribution is -2.33. The second kappa shape index (κ2) is 8.16. The maximum atomic E-state index is 4.84. The quantitative estimate of drug-likeness (QED) is 0.779. The minimum absolute atomic E-state index is 0.539. The van der Waals surface area contributed by atoms with Gasteiger partial charge in [0, 0.05) is 24.8 Å². The highest BCUT2D eigenvalue weighted by Gasteiger charge is 2.13. The molecule has 1 atom stereocenters. The van der Waals surface area contributed by atoms with Crippen LogP contribution in [-0.2, 0) is 13.0 Å². The van der Waals surface area contributed by atoms with Crippen molar-refractivity contribution in [2.45, 2.75) is 59.5 Å². The van der Waals surface area contributed by atoms with Crippen molar-refractivity contribution < 1.29 is 0 Å². The first kappa shape index (κ1) is 16.0. The van der Waals surface area contributed by atoms with Gasteiger partial charge in [-0.05, 0) is 51.4 Å². The zero-order valence-corrected chi connectivity index (χ0v) is 13.2. The first-order chi connectivity index (χ1) is 9.15. The van der Waals surface area contributed by atoms with Crippen LogP contribution in [0.5, 0.6) is 0 Å². The predicted molar refractivity (Wildman–Crippen MR) is 83.8 cm³/mol. The fraction of sp³-hybridized carbons (Fsp3) is 0.688. The van der Waals surface area contributed by atoms with Crippen LogP contribution in [0.4, 0.5) is 5.82 Å². The standard InChI is InChI=1S/C16H29N3/c1-6-9-15-10-14(12-17-5)11-16(18-15)19(8-3)13(4)7-2/h10-11,13,17H,6-9,12H2,1-5H3. The number of rotatable bonds is 8. The van der Waals surface area contributed by atoms with Crippen molar-refractivity contribution in [3.05, 3.63) is 23.4 Å². The molecule has 1 rings (SSSR count). The van der Waals surface area contributed by atoms with Crippen LogP contribution in [0.25, 0.3) is 0 Å². The number of aromatic nitrogens is 1. The lowest BCUT2D eigenvalue weighted by molar-refractivity contribution is 0.620. The van der Waals surface area contributed by atoms with Crippen LogP contribution in [0.2, 0.25) is 0 Å². The van der Waals surface area contributed by atoms with Gasteiger partial charge in [0.05, 0.1) is 0 Å². The van der Waals surface area contributed by atoms with Gasteiger partial charge < -0.3 is 10.2 Å². The molecule has 0 aliphatic carbocycles. The topological polar surface area (TPSA) is 28.2 Å². The fourth-order valence-electron chi connectivity index (χ4n) is 2.39. The van der Waals surface area contributed by atoms with Crippen molar-refractivity contribution in [2.24, 2.45) is 0 Å². The summed E-state index contributed by atoms with van der Waals surface area (Å²) in [6.45, 7) is 10.8. The molecule has 0 fully saturated rings. The molecule has 19 heavy (non-hydrogen) atoms. The molecule has 0 aliphatic rings. The molecular formula is C16H29N3. The van der Waals surface area contributed by atoms with E-state index in [1.165, 1.54) is 11.3 Å². The van der Waals surface area contributed by atoms with E-state index in [1.54, 1.807) is 0 Å². The normalized spacial score (nSPS) is 12.5. The highest BCUT2D eigenvalue weighted by atomic mass is 15.2. The van der Waals surface area contributed by atoms with Gasteiger partial charge in [-0.3, -0.25) is 0 Å². The maximum absolute atomic E-state index is 4.84. The molecule has 1 heterocycles. The average molecular weight is 263 g/mol. The summed E-state index contributed by atoms with van der Waals surface area (Å²) in [5.41, 5.74) is 2.55. The molecule has 0 aromatic carbocycles. The number of nitrogens with zero attached hydrogens (tertiary/aromatic N) is 2. The molecule has 1 aromatic heterocycles. The highest BCUT2D eigenvalue weighted by Crippen LogP contribution is 2.19. The number of hydrogen-bond donors (Lipinski definition) is 1. The van der Waals surface area contributed by atoms with Gasteiger partial charge in [0.15, 0.2) is 0 Å². The smallest absolute Gasteiger partial charge is 0.129 e. The summed E-state index contributed by atoms with van der Waals surface area (Å²) in [7, 11) is 1.99. The Morgan fingerprint density at radius 3 is 2.53 bits per heavy atom. The number of aryl methyl sites for hydroxylation is 1.